The number of hydrogen-bond acceptors (Lipinski definition) is 1. The van der Waals surface area contributed by atoms with Crippen LogP contribution in [0.2, 0.25) is 0 Å². The topological polar surface area (TPSA) is 37.3 Å². The van der Waals surface area contributed by atoms with Crippen molar-refractivity contribution in [3.63, 3.8) is 0 Å². The van der Waals surface area contributed by atoms with Gasteiger partial charge in [0, 0.05) is 0 Å². The van der Waals surface area contributed by atoms with Crippen molar-refractivity contribution in [2.45, 2.75) is 65.2 Å². The molecule has 1 aliphatic rings. The van der Waals surface area contributed by atoms with E-state index in [1.54, 1.807) is 13.8 Å². The van der Waals surface area contributed by atoms with E-state index in [1.807, 2.05) is 12.1 Å². The van der Waals surface area contributed by atoms with Crippen molar-refractivity contribution in [1.29, 1.82) is 0 Å². The zero-order valence-corrected chi connectivity index (χ0v) is 13.0. The van der Waals surface area contributed by atoms with Gasteiger partial charge in [-0.3, -0.25) is 4.79 Å². The summed E-state index contributed by atoms with van der Waals surface area (Å²) in [6, 6.07) is 3.80. The van der Waals surface area contributed by atoms with Gasteiger partial charge in [0.1, 0.15) is 5.82 Å². The van der Waals surface area contributed by atoms with Crippen LogP contribution >= 0.6 is 0 Å². The molecule has 0 aromatic heterocycles. The molecule has 1 aromatic carbocycles. The van der Waals surface area contributed by atoms with Crippen LogP contribution in [0, 0.1) is 25.1 Å². The van der Waals surface area contributed by atoms with Crippen LogP contribution in [0.3, 0.4) is 0 Å². The highest BCUT2D eigenvalue weighted by molar-refractivity contribution is 5.67. The Bertz CT molecular complexity index is 493. The SMILES string of the molecule is Cc1cc(CCC2(CC(=O)O)CCCCC2)cc(C)c1F. The normalized spacial score (nSPS) is 17.7. The van der Waals surface area contributed by atoms with E-state index in [2.05, 4.69) is 0 Å². The Morgan fingerprint density at radius 3 is 2.29 bits per heavy atom. The largest absolute Gasteiger partial charge is 0.481 e. The molecule has 0 aliphatic heterocycles. The van der Waals surface area contributed by atoms with Gasteiger partial charge >= 0.3 is 5.97 Å². The molecule has 1 aromatic rings. The van der Waals surface area contributed by atoms with E-state index in [9.17, 15) is 14.3 Å². The number of carboxylic acid groups (broad SMARTS) is 1. The second-order valence-electron chi connectivity index (χ2n) is 6.67. The van der Waals surface area contributed by atoms with E-state index in [-0.39, 0.29) is 17.7 Å². The zero-order chi connectivity index (χ0) is 15.5. The number of halogens is 1. The third-order valence-electron chi connectivity index (χ3n) is 4.88. The molecule has 1 saturated carbocycles. The number of aryl methyl sites for hydroxylation is 3. The van der Waals surface area contributed by atoms with E-state index >= 15 is 0 Å². The number of rotatable bonds is 5. The minimum absolute atomic E-state index is 0.0553. The van der Waals surface area contributed by atoms with Crippen LogP contribution in [0.1, 0.15) is 61.6 Å². The number of carboxylic acids is 1. The first-order valence-corrected chi connectivity index (χ1v) is 7.89. The summed E-state index contributed by atoms with van der Waals surface area (Å²) in [5.41, 5.74) is 2.43. The molecule has 0 atom stereocenters. The van der Waals surface area contributed by atoms with Crippen molar-refractivity contribution in [1.82, 2.24) is 0 Å². The molecular formula is C18H25FO2. The molecule has 1 aliphatic carbocycles. The van der Waals surface area contributed by atoms with Gasteiger partial charge in [-0.1, -0.05) is 31.4 Å². The zero-order valence-electron chi connectivity index (χ0n) is 13.0. The van der Waals surface area contributed by atoms with Crippen molar-refractivity contribution in [2.75, 3.05) is 0 Å². The molecule has 0 radical (unpaired) electrons. The highest BCUT2D eigenvalue weighted by Crippen LogP contribution is 2.43. The van der Waals surface area contributed by atoms with Crippen LogP contribution in [0.15, 0.2) is 12.1 Å². The molecule has 1 fully saturated rings. The number of carbonyl (C=O) groups is 1. The molecule has 0 bridgehead atoms. The van der Waals surface area contributed by atoms with Gasteiger partial charge in [0.25, 0.3) is 0 Å². The van der Waals surface area contributed by atoms with E-state index in [0.29, 0.717) is 11.1 Å². The Morgan fingerprint density at radius 2 is 1.76 bits per heavy atom. The maximum atomic E-state index is 13.7. The lowest BCUT2D eigenvalue weighted by atomic mass is 9.68. The molecule has 116 valence electrons. The molecule has 0 saturated heterocycles. The van der Waals surface area contributed by atoms with E-state index in [0.717, 1.165) is 44.1 Å². The molecule has 21 heavy (non-hydrogen) atoms. The maximum Gasteiger partial charge on any atom is 0.303 e. The summed E-state index contributed by atoms with van der Waals surface area (Å²) < 4.78 is 13.7. The Kier molecular flexibility index (Phi) is 5.02. The first kappa shape index (κ1) is 16.0. The summed E-state index contributed by atoms with van der Waals surface area (Å²) in [6.45, 7) is 3.58. The van der Waals surface area contributed by atoms with Gasteiger partial charge < -0.3 is 5.11 Å². The lowest BCUT2D eigenvalue weighted by Gasteiger charge is -2.36. The molecule has 2 nitrogen and oxygen atoms in total. The molecule has 1 N–H and O–H groups in total. The summed E-state index contributed by atoms with van der Waals surface area (Å²) >= 11 is 0. The van der Waals surface area contributed by atoms with Crippen LogP contribution in [0.4, 0.5) is 4.39 Å². The molecule has 0 heterocycles. The fraction of sp³-hybridized carbons (Fsp3) is 0.611. The Morgan fingerprint density at radius 1 is 1.19 bits per heavy atom. The second-order valence-corrected chi connectivity index (χ2v) is 6.67. The maximum absolute atomic E-state index is 13.7. The van der Waals surface area contributed by atoms with E-state index in [4.69, 9.17) is 0 Å². The highest BCUT2D eigenvalue weighted by Gasteiger charge is 2.33. The predicted molar refractivity (Wildman–Crippen MR) is 82.0 cm³/mol. The Hall–Kier alpha value is -1.38. The van der Waals surface area contributed by atoms with Crippen LogP contribution in [0.5, 0.6) is 0 Å². The van der Waals surface area contributed by atoms with E-state index < -0.39 is 5.97 Å². The third kappa shape index (κ3) is 4.05. The summed E-state index contributed by atoms with van der Waals surface area (Å²) in [7, 11) is 0. The molecule has 0 unspecified atom stereocenters. The lowest BCUT2D eigenvalue weighted by Crippen LogP contribution is -2.28. The minimum Gasteiger partial charge on any atom is -0.481 e. The highest BCUT2D eigenvalue weighted by atomic mass is 19.1. The molecular weight excluding hydrogens is 267 g/mol. The Balaban J connectivity index is 2.09. The van der Waals surface area contributed by atoms with Crippen molar-refractivity contribution < 1.29 is 14.3 Å². The molecule has 2 rings (SSSR count). The average Bonchev–Trinajstić information content (AvgIpc) is 2.43. The van der Waals surface area contributed by atoms with Gasteiger partial charge in [0.05, 0.1) is 6.42 Å². The van der Waals surface area contributed by atoms with Crippen molar-refractivity contribution in [3.8, 4) is 0 Å². The minimum atomic E-state index is -0.691. The monoisotopic (exact) mass is 292 g/mol. The number of aliphatic carboxylic acids is 1. The summed E-state index contributed by atoms with van der Waals surface area (Å²) in [6.07, 6.45) is 7.52. The summed E-state index contributed by atoms with van der Waals surface area (Å²) in [4.78, 5) is 11.2. The van der Waals surface area contributed by atoms with Gasteiger partial charge in [-0.2, -0.15) is 0 Å². The van der Waals surface area contributed by atoms with Crippen LogP contribution in [-0.2, 0) is 11.2 Å². The first-order chi connectivity index (χ1) is 9.92. The third-order valence-corrected chi connectivity index (χ3v) is 4.88. The summed E-state index contributed by atoms with van der Waals surface area (Å²) in [5.74, 6) is -0.819. The standard InChI is InChI=1S/C18H25FO2/c1-13-10-15(11-14(2)17(13)19)6-9-18(12-16(20)21)7-4-3-5-8-18/h10-11H,3-9,12H2,1-2H3,(H,20,21). The van der Waals surface area contributed by atoms with Crippen molar-refractivity contribution in [3.05, 3.63) is 34.6 Å². The van der Waals surface area contributed by atoms with Gasteiger partial charge in [-0.25, -0.2) is 4.39 Å². The molecule has 0 spiro atoms. The fourth-order valence-corrected chi connectivity index (χ4v) is 3.73. The number of hydrogen-bond donors (Lipinski definition) is 1. The van der Waals surface area contributed by atoms with Crippen LogP contribution in [-0.4, -0.2) is 11.1 Å². The summed E-state index contributed by atoms with van der Waals surface area (Å²) in [5, 5.41) is 9.20. The Labute approximate surface area is 126 Å². The second kappa shape index (κ2) is 6.59. The van der Waals surface area contributed by atoms with Crippen molar-refractivity contribution >= 4 is 5.97 Å². The first-order valence-electron chi connectivity index (χ1n) is 7.89. The predicted octanol–water partition coefficient (Wildman–Crippen LogP) is 4.80. The molecule has 3 heteroatoms. The van der Waals surface area contributed by atoms with Gasteiger partial charge in [0.15, 0.2) is 0 Å². The average molecular weight is 292 g/mol. The quantitative estimate of drug-likeness (QED) is 0.846. The molecule has 0 amide bonds. The fourth-order valence-electron chi connectivity index (χ4n) is 3.73. The van der Waals surface area contributed by atoms with E-state index in [1.165, 1.54) is 6.42 Å². The smallest absolute Gasteiger partial charge is 0.303 e. The van der Waals surface area contributed by atoms with Gasteiger partial charge in [0.2, 0.25) is 0 Å². The van der Waals surface area contributed by atoms with Gasteiger partial charge in [-0.15, -0.1) is 0 Å². The van der Waals surface area contributed by atoms with Crippen LogP contribution in [0.25, 0.3) is 0 Å². The van der Waals surface area contributed by atoms with Gasteiger partial charge in [-0.05, 0) is 61.6 Å². The van der Waals surface area contributed by atoms with Crippen molar-refractivity contribution in [2.24, 2.45) is 5.41 Å². The lowest BCUT2D eigenvalue weighted by molar-refractivity contribution is -0.140. The van der Waals surface area contributed by atoms with Crippen LogP contribution < -0.4 is 0 Å². The number of benzene rings is 1.